The first-order valence-corrected chi connectivity index (χ1v) is 41.8. The molecule has 2 unspecified atom stereocenters. The average Bonchev–Trinajstić information content (AvgIpc) is 2.38. The predicted molar refractivity (Wildman–Crippen MR) is 377 cm³/mol. The number of hydrogen-bond acceptors (Lipinski definition) is 15. The second kappa shape index (κ2) is 68.6. The van der Waals surface area contributed by atoms with Crippen LogP contribution < -0.4 is 0 Å². The highest BCUT2D eigenvalue weighted by atomic mass is 31.2. The van der Waals surface area contributed by atoms with Crippen molar-refractivity contribution in [3.63, 3.8) is 0 Å². The molecule has 3 N–H and O–H groups in total. The molecule has 0 fully saturated rings. The molecule has 0 saturated heterocycles. The van der Waals surface area contributed by atoms with Crippen LogP contribution in [0.4, 0.5) is 0 Å². The third-order valence-electron chi connectivity index (χ3n) is 17.4. The molecule has 0 aromatic rings. The Hall–Kier alpha value is -1.94. The lowest BCUT2D eigenvalue weighted by Gasteiger charge is -2.21. The van der Waals surface area contributed by atoms with E-state index in [-0.39, 0.29) is 25.7 Å². The minimum Gasteiger partial charge on any atom is -0.462 e. The minimum atomic E-state index is -4.95. The standard InChI is InChI=1S/C74H144O17P2/c1-5-9-13-17-21-25-28-31-33-35-37-39-42-45-49-53-57-61-74(79)91-70(65-85-72(77)59-55-51-47-43-41-38-36-34-32-29-26-22-18-14-10-6-2)67-89-93(82,83)87-63-68(75)62-86-92(80,81)88-66-69(64-84-71(76)58-54-50-46-24-20-16-12-8-4)90-73(78)60-56-52-48-44-40-30-27-23-19-15-11-7-3/h68-70,75H,5-67H2,1-4H3,(H,80,81)(H,82,83)/t68-,69+,70+/m0/s1. The topological polar surface area (TPSA) is 237 Å². The minimum absolute atomic E-state index is 0.108. The Morgan fingerprint density at radius 1 is 0.258 bits per heavy atom. The van der Waals surface area contributed by atoms with Gasteiger partial charge in [-0.3, -0.25) is 37.3 Å². The van der Waals surface area contributed by atoms with Gasteiger partial charge in [0.25, 0.3) is 0 Å². The molecular weight excluding hydrogens is 1220 g/mol. The molecule has 0 amide bonds. The number of aliphatic hydroxyl groups is 1. The molecule has 5 atom stereocenters. The molecule has 0 rings (SSSR count). The molecule has 17 nitrogen and oxygen atoms in total. The Morgan fingerprint density at radius 3 is 0.634 bits per heavy atom. The molecule has 0 saturated carbocycles. The van der Waals surface area contributed by atoms with E-state index in [2.05, 4.69) is 27.7 Å². The van der Waals surface area contributed by atoms with E-state index in [1.807, 2.05) is 0 Å². The van der Waals surface area contributed by atoms with E-state index in [0.717, 1.165) is 96.3 Å². The van der Waals surface area contributed by atoms with Gasteiger partial charge in [0.15, 0.2) is 12.2 Å². The summed E-state index contributed by atoms with van der Waals surface area (Å²) < 4.78 is 68.4. The zero-order chi connectivity index (χ0) is 68.2. The average molecular weight is 1370 g/mol. The van der Waals surface area contributed by atoms with Crippen LogP contribution in [0.1, 0.15) is 394 Å². The summed E-state index contributed by atoms with van der Waals surface area (Å²) in [5, 5.41) is 10.6. The van der Waals surface area contributed by atoms with Crippen molar-refractivity contribution < 1.29 is 80.2 Å². The zero-order valence-corrected chi connectivity index (χ0v) is 62.0. The van der Waals surface area contributed by atoms with E-state index in [1.54, 1.807) is 0 Å². The second-order valence-electron chi connectivity index (χ2n) is 26.7. The van der Waals surface area contributed by atoms with Crippen LogP contribution >= 0.6 is 15.6 Å². The predicted octanol–water partition coefficient (Wildman–Crippen LogP) is 21.8. The van der Waals surface area contributed by atoms with Crippen LogP contribution in [0.2, 0.25) is 0 Å². The van der Waals surface area contributed by atoms with Crippen LogP contribution in [0.15, 0.2) is 0 Å². The first-order chi connectivity index (χ1) is 45.2. The van der Waals surface area contributed by atoms with Crippen LogP contribution in [0.25, 0.3) is 0 Å². The monoisotopic (exact) mass is 1370 g/mol. The molecule has 0 aliphatic rings. The molecule has 93 heavy (non-hydrogen) atoms. The van der Waals surface area contributed by atoms with Crippen LogP contribution in [-0.2, 0) is 65.4 Å². The van der Waals surface area contributed by atoms with Gasteiger partial charge in [-0.2, -0.15) is 0 Å². The molecule has 0 bridgehead atoms. The van der Waals surface area contributed by atoms with Crippen LogP contribution in [-0.4, -0.2) is 96.7 Å². The highest BCUT2D eigenvalue weighted by Gasteiger charge is 2.30. The number of carbonyl (C=O) groups is 4. The Bertz CT molecular complexity index is 1770. The smallest absolute Gasteiger partial charge is 0.462 e. The maximum atomic E-state index is 13.1. The van der Waals surface area contributed by atoms with Gasteiger partial charge >= 0.3 is 39.5 Å². The Morgan fingerprint density at radius 2 is 0.430 bits per heavy atom. The Kier molecular flexibility index (Phi) is 67.1. The van der Waals surface area contributed by atoms with Gasteiger partial charge in [-0.15, -0.1) is 0 Å². The van der Waals surface area contributed by atoms with Crippen molar-refractivity contribution >= 4 is 39.5 Å². The quantitative estimate of drug-likeness (QED) is 0.0222. The van der Waals surface area contributed by atoms with E-state index >= 15 is 0 Å². The van der Waals surface area contributed by atoms with Crippen molar-refractivity contribution in [2.45, 2.75) is 412 Å². The number of carbonyl (C=O) groups excluding carboxylic acids is 4. The van der Waals surface area contributed by atoms with Crippen molar-refractivity contribution in [3.8, 4) is 0 Å². The summed E-state index contributed by atoms with van der Waals surface area (Å²) in [6.45, 7) is 4.96. The van der Waals surface area contributed by atoms with Crippen molar-refractivity contribution in [1.29, 1.82) is 0 Å². The number of unbranched alkanes of at least 4 members (excludes halogenated alkanes) is 49. The number of aliphatic hydroxyl groups excluding tert-OH is 1. The molecule has 0 aromatic heterocycles. The van der Waals surface area contributed by atoms with E-state index in [0.29, 0.717) is 25.7 Å². The molecule has 0 spiro atoms. The zero-order valence-electron chi connectivity index (χ0n) is 60.2. The normalized spacial score (nSPS) is 13.9. The maximum absolute atomic E-state index is 13.1. The summed E-state index contributed by atoms with van der Waals surface area (Å²) in [7, 11) is -9.90. The summed E-state index contributed by atoms with van der Waals surface area (Å²) in [6.07, 6.45) is 58.2. The lowest BCUT2D eigenvalue weighted by molar-refractivity contribution is -0.161. The highest BCUT2D eigenvalue weighted by molar-refractivity contribution is 7.47. The number of phosphoric ester groups is 2. The summed E-state index contributed by atoms with van der Waals surface area (Å²) in [5.74, 6) is -2.12. The van der Waals surface area contributed by atoms with E-state index < -0.39 is 97.5 Å². The molecule has 0 aliphatic carbocycles. The summed E-state index contributed by atoms with van der Waals surface area (Å²) in [5.41, 5.74) is 0. The molecule has 0 aromatic carbocycles. The van der Waals surface area contributed by atoms with Gasteiger partial charge in [0.1, 0.15) is 19.3 Å². The van der Waals surface area contributed by atoms with Crippen LogP contribution in [0.5, 0.6) is 0 Å². The van der Waals surface area contributed by atoms with Crippen molar-refractivity contribution in [3.05, 3.63) is 0 Å². The number of phosphoric acid groups is 2. The lowest BCUT2D eigenvalue weighted by atomic mass is 10.0. The summed E-state index contributed by atoms with van der Waals surface area (Å²) in [4.78, 5) is 72.6. The first kappa shape index (κ1) is 91.1. The van der Waals surface area contributed by atoms with Crippen LogP contribution in [0.3, 0.4) is 0 Å². The van der Waals surface area contributed by atoms with E-state index in [1.165, 1.54) is 218 Å². The van der Waals surface area contributed by atoms with Crippen molar-refractivity contribution in [2.24, 2.45) is 0 Å². The first-order valence-electron chi connectivity index (χ1n) is 38.8. The summed E-state index contributed by atoms with van der Waals surface area (Å²) in [6, 6.07) is 0. The molecular formula is C74H144O17P2. The molecule has 0 heterocycles. The third kappa shape index (κ3) is 68.4. The Balaban J connectivity index is 5.21. The van der Waals surface area contributed by atoms with Gasteiger partial charge in [-0.1, -0.05) is 342 Å². The fourth-order valence-electron chi connectivity index (χ4n) is 11.4. The molecule has 0 radical (unpaired) electrons. The van der Waals surface area contributed by atoms with Crippen molar-refractivity contribution in [2.75, 3.05) is 39.6 Å². The van der Waals surface area contributed by atoms with Gasteiger partial charge in [0, 0.05) is 25.7 Å². The second-order valence-corrected chi connectivity index (χ2v) is 29.6. The molecule has 0 aliphatic heterocycles. The number of ether oxygens (including phenoxy) is 4. The third-order valence-corrected chi connectivity index (χ3v) is 19.3. The number of hydrogen-bond donors (Lipinski definition) is 3. The van der Waals surface area contributed by atoms with E-state index in [4.69, 9.17) is 37.0 Å². The van der Waals surface area contributed by atoms with Crippen molar-refractivity contribution in [1.82, 2.24) is 0 Å². The van der Waals surface area contributed by atoms with E-state index in [9.17, 15) is 43.2 Å². The fourth-order valence-corrected chi connectivity index (χ4v) is 13.0. The summed E-state index contributed by atoms with van der Waals surface area (Å²) >= 11 is 0. The Labute approximate surface area is 568 Å². The maximum Gasteiger partial charge on any atom is 0.472 e. The van der Waals surface area contributed by atoms with Gasteiger partial charge in [-0.05, 0) is 25.7 Å². The largest absolute Gasteiger partial charge is 0.472 e. The number of esters is 4. The van der Waals surface area contributed by atoms with Gasteiger partial charge in [-0.25, -0.2) is 9.13 Å². The molecule has 552 valence electrons. The highest BCUT2D eigenvalue weighted by Crippen LogP contribution is 2.45. The van der Waals surface area contributed by atoms with Gasteiger partial charge in [0.2, 0.25) is 0 Å². The number of rotatable bonds is 75. The van der Waals surface area contributed by atoms with Crippen LogP contribution in [0, 0.1) is 0 Å². The van der Waals surface area contributed by atoms with Gasteiger partial charge < -0.3 is 33.8 Å². The lowest BCUT2D eigenvalue weighted by Crippen LogP contribution is -2.30. The van der Waals surface area contributed by atoms with Gasteiger partial charge in [0.05, 0.1) is 26.4 Å². The molecule has 19 heteroatoms. The SMILES string of the molecule is CCCCCCCCCCCCCCCCCCCC(=O)O[C@H](COC(=O)CCCCCCCCCCCCCCCCCC)COP(=O)(O)OC[C@@H](O)COP(=O)(O)OC[C@@H](COC(=O)CCCCCCCCCC)OC(=O)CCCCCCCCCCCCCC. The fraction of sp³-hybridized carbons (Fsp3) is 0.946.